The quantitative estimate of drug-likeness (QED) is 0.204. The summed E-state index contributed by atoms with van der Waals surface area (Å²) in [7, 11) is -2.41. The molecule has 3 heterocycles. The molecular formula is C40H52N6O9S. The van der Waals surface area contributed by atoms with Crippen LogP contribution in [0.2, 0.25) is 0 Å². The second-order valence-corrected chi connectivity index (χ2v) is 18.2. The van der Waals surface area contributed by atoms with Crippen LogP contribution in [-0.4, -0.2) is 95.3 Å². The number of amides is 4. The van der Waals surface area contributed by atoms with E-state index in [-0.39, 0.29) is 19.4 Å². The van der Waals surface area contributed by atoms with Gasteiger partial charge in [-0.3, -0.25) is 24.1 Å². The van der Waals surface area contributed by atoms with E-state index in [1.54, 1.807) is 92.1 Å². The number of rotatable bonds is 13. The molecule has 16 heteroatoms. The molecule has 56 heavy (non-hydrogen) atoms. The molecule has 0 bridgehead atoms. The molecule has 1 aliphatic heterocycles. The van der Waals surface area contributed by atoms with Crippen LogP contribution >= 0.6 is 0 Å². The van der Waals surface area contributed by atoms with Crippen molar-refractivity contribution in [2.24, 2.45) is 5.41 Å². The van der Waals surface area contributed by atoms with E-state index in [1.807, 2.05) is 12.1 Å². The molecule has 2 aliphatic rings. The van der Waals surface area contributed by atoms with Crippen LogP contribution < -0.4 is 24.8 Å². The second kappa shape index (κ2) is 16.1. The molecule has 4 amide bonds. The molecular weight excluding hydrogens is 741 g/mol. The number of methoxy groups -OCH3 is 1. The fraction of sp³-hybridized carbons (Fsp3) is 0.500. The van der Waals surface area contributed by atoms with E-state index in [9.17, 15) is 27.6 Å². The number of sulfonamides is 1. The molecule has 5 rings (SSSR count). The molecule has 0 radical (unpaired) electrons. The predicted octanol–water partition coefficient (Wildman–Crippen LogP) is 4.65. The Labute approximate surface area is 328 Å². The van der Waals surface area contributed by atoms with Gasteiger partial charge in [0, 0.05) is 30.1 Å². The van der Waals surface area contributed by atoms with Crippen molar-refractivity contribution in [3.05, 3.63) is 61.3 Å². The number of alkyl carbamates (subject to hydrolysis) is 1. The standard InChI is InChI=1S/C40H52N6O9S/c1-10-40(11-2,36(49)45-56(51,52)26-16-17-26)44-34(47)31-21-25(23-46(31)35(48)33(38(3,4)5)43-37(50)55-39(6,7)8)54-32-22-30(28-14-12-13-19-41-28)42-29-20-24(53-9)15-18-27(29)32/h10,12-15,18-20,22,25-26,31,33H,1,11,16-17,21,23H2,2-9H3,(H,43,50)(H,44,47)(H,45,49)/t25-,31+,33-,40+/m1/s1. The Bertz CT molecular complexity index is 2090. The van der Waals surface area contributed by atoms with Crippen molar-refractivity contribution < 1.29 is 41.8 Å². The van der Waals surface area contributed by atoms with E-state index < -0.39 is 73.8 Å². The highest BCUT2D eigenvalue weighted by atomic mass is 32.2. The van der Waals surface area contributed by atoms with Crippen LogP contribution in [0.1, 0.15) is 74.1 Å². The highest BCUT2D eigenvalue weighted by molar-refractivity contribution is 7.91. The largest absolute Gasteiger partial charge is 0.497 e. The average molecular weight is 793 g/mol. The van der Waals surface area contributed by atoms with E-state index in [4.69, 9.17) is 19.2 Å². The van der Waals surface area contributed by atoms with Crippen molar-refractivity contribution in [2.75, 3.05) is 13.7 Å². The maximum absolute atomic E-state index is 14.6. The van der Waals surface area contributed by atoms with Gasteiger partial charge < -0.3 is 29.7 Å². The monoisotopic (exact) mass is 792 g/mol. The molecule has 302 valence electrons. The minimum absolute atomic E-state index is 0.0291. The molecule has 0 spiro atoms. The summed E-state index contributed by atoms with van der Waals surface area (Å²) in [6.45, 7) is 15.7. The average Bonchev–Trinajstić information content (AvgIpc) is 3.92. The Morgan fingerprint density at radius 1 is 1.04 bits per heavy atom. The number of nitrogens with one attached hydrogen (secondary N) is 3. The Balaban J connectivity index is 1.52. The predicted molar refractivity (Wildman–Crippen MR) is 210 cm³/mol. The maximum Gasteiger partial charge on any atom is 0.408 e. The van der Waals surface area contributed by atoms with E-state index in [0.717, 1.165) is 0 Å². The zero-order chi connectivity index (χ0) is 41.2. The van der Waals surface area contributed by atoms with E-state index in [1.165, 1.54) is 11.0 Å². The molecule has 15 nitrogen and oxygen atoms in total. The first-order chi connectivity index (χ1) is 26.2. The molecule has 1 saturated heterocycles. The van der Waals surface area contributed by atoms with Crippen LogP contribution in [0.4, 0.5) is 4.79 Å². The Hall–Kier alpha value is -5.25. The van der Waals surface area contributed by atoms with Gasteiger partial charge in [-0.05, 0) is 69.7 Å². The lowest BCUT2D eigenvalue weighted by molar-refractivity contribution is -0.143. The van der Waals surface area contributed by atoms with Crippen LogP contribution in [0, 0.1) is 5.41 Å². The lowest BCUT2D eigenvalue weighted by Gasteiger charge is -2.36. The molecule has 2 aromatic heterocycles. The van der Waals surface area contributed by atoms with Gasteiger partial charge in [0.2, 0.25) is 21.8 Å². The van der Waals surface area contributed by atoms with E-state index in [0.29, 0.717) is 46.6 Å². The summed E-state index contributed by atoms with van der Waals surface area (Å²) in [6, 6.07) is 10.1. The van der Waals surface area contributed by atoms with Gasteiger partial charge >= 0.3 is 6.09 Å². The Morgan fingerprint density at radius 2 is 1.75 bits per heavy atom. The SMILES string of the molecule is C=C[C@@](CC)(NC(=O)[C@@H]1C[C@@H](Oc2cc(-c3ccccn3)nc3cc(OC)ccc23)CN1C(=O)[C@@H](NC(=O)OC(C)(C)C)C(C)(C)C)C(=O)NS(=O)(=O)C1CC1. The molecule has 2 fully saturated rings. The zero-order valence-electron chi connectivity index (χ0n) is 33.2. The molecule has 1 saturated carbocycles. The first kappa shape index (κ1) is 41.9. The third-order valence-corrected chi connectivity index (χ3v) is 11.5. The summed E-state index contributed by atoms with van der Waals surface area (Å²) in [5.41, 5.74) is -1.87. The van der Waals surface area contributed by atoms with Crippen molar-refractivity contribution >= 4 is 44.7 Å². The van der Waals surface area contributed by atoms with Gasteiger partial charge in [0.05, 0.1) is 35.8 Å². The third kappa shape index (κ3) is 9.57. The molecule has 4 atom stereocenters. The number of carbonyl (C=O) groups is 4. The van der Waals surface area contributed by atoms with Crippen LogP contribution in [0.3, 0.4) is 0 Å². The zero-order valence-corrected chi connectivity index (χ0v) is 34.0. The number of fused-ring (bicyclic) bond motifs is 1. The molecule has 1 aliphatic carbocycles. The van der Waals surface area contributed by atoms with Gasteiger partial charge in [-0.1, -0.05) is 39.8 Å². The summed E-state index contributed by atoms with van der Waals surface area (Å²) < 4.78 is 45.2. The van der Waals surface area contributed by atoms with Gasteiger partial charge in [-0.2, -0.15) is 0 Å². The van der Waals surface area contributed by atoms with Crippen molar-refractivity contribution in [1.29, 1.82) is 0 Å². The molecule has 0 unspecified atom stereocenters. The van der Waals surface area contributed by atoms with Crippen molar-refractivity contribution in [3.63, 3.8) is 0 Å². The summed E-state index contributed by atoms with van der Waals surface area (Å²) in [4.78, 5) is 66.3. The number of hydrogen-bond donors (Lipinski definition) is 3. The first-order valence-electron chi connectivity index (χ1n) is 18.6. The van der Waals surface area contributed by atoms with E-state index in [2.05, 4.69) is 26.9 Å². The lowest BCUT2D eigenvalue weighted by atomic mass is 9.85. The number of carbonyl (C=O) groups excluding carboxylic acids is 4. The van der Waals surface area contributed by atoms with Crippen LogP contribution in [0.5, 0.6) is 11.5 Å². The van der Waals surface area contributed by atoms with E-state index >= 15 is 0 Å². The number of ether oxygens (including phenoxy) is 3. The minimum Gasteiger partial charge on any atom is -0.497 e. The number of likely N-dealkylation sites (tertiary alicyclic amines) is 1. The van der Waals surface area contributed by atoms with Crippen molar-refractivity contribution in [2.45, 2.75) is 109 Å². The smallest absolute Gasteiger partial charge is 0.408 e. The fourth-order valence-corrected chi connectivity index (χ4v) is 7.78. The summed E-state index contributed by atoms with van der Waals surface area (Å²) in [6.07, 6.45) is 2.04. The van der Waals surface area contributed by atoms with Crippen LogP contribution in [-0.2, 0) is 29.1 Å². The van der Waals surface area contributed by atoms with Crippen LogP contribution in [0.25, 0.3) is 22.3 Å². The van der Waals surface area contributed by atoms with Crippen LogP contribution in [0.15, 0.2) is 61.3 Å². The van der Waals surface area contributed by atoms with Gasteiger partial charge in [0.1, 0.15) is 40.8 Å². The number of pyridine rings is 2. The summed E-state index contributed by atoms with van der Waals surface area (Å²) in [5.74, 6) is -1.30. The number of nitrogens with zero attached hydrogens (tertiary/aromatic N) is 3. The summed E-state index contributed by atoms with van der Waals surface area (Å²) >= 11 is 0. The molecule has 3 aromatic rings. The maximum atomic E-state index is 14.6. The van der Waals surface area contributed by atoms with Gasteiger partial charge in [0.25, 0.3) is 5.91 Å². The van der Waals surface area contributed by atoms with Gasteiger partial charge in [0.15, 0.2) is 0 Å². The minimum atomic E-state index is -3.96. The fourth-order valence-electron chi connectivity index (χ4n) is 6.42. The number of benzene rings is 1. The van der Waals surface area contributed by atoms with Crippen molar-refractivity contribution in [1.82, 2.24) is 30.2 Å². The Morgan fingerprint density at radius 3 is 2.32 bits per heavy atom. The Kier molecular flexibility index (Phi) is 12.0. The van der Waals surface area contributed by atoms with Gasteiger partial charge in [-0.25, -0.2) is 18.2 Å². The molecule has 3 N–H and O–H groups in total. The molecule has 1 aromatic carbocycles. The highest BCUT2D eigenvalue weighted by Gasteiger charge is 2.49. The van der Waals surface area contributed by atoms with Crippen molar-refractivity contribution in [3.8, 4) is 22.9 Å². The number of hydrogen-bond acceptors (Lipinski definition) is 11. The second-order valence-electron chi connectivity index (χ2n) is 16.2. The lowest BCUT2D eigenvalue weighted by Crippen LogP contribution is -2.63. The number of aromatic nitrogens is 2. The topological polar surface area (TPSA) is 195 Å². The normalized spacial score (nSPS) is 19.0. The highest BCUT2D eigenvalue weighted by Crippen LogP contribution is 2.35. The first-order valence-corrected chi connectivity index (χ1v) is 20.1. The summed E-state index contributed by atoms with van der Waals surface area (Å²) in [5, 5.41) is 5.38. The van der Waals surface area contributed by atoms with Gasteiger partial charge in [-0.15, -0.1) is 6.58 Å². The third-order valence-electron chi connectivity index (χ3n) is 9.68.